The minimum atomic E-state index is 0.886. The maximum atomic E-state index is 2.43. The lowest BCUT2D eigenvalue weighted by atomic mass is 9.99. The van der Waals surface area contributed by atoms with Crippen LogP contribution >= 0.6 is 0 Å². The monoisotopic (exact) mass is 280 g/mol. The van der Waals surface area contributed by atoms with Crippen molar-refractivity contribution in [3.05, 3.63) is 12.2 Å². The summed E-state index contributed by atoms with van der Waals surface area (Å²) in [5.41, 5.74) is 0. The fourth-order valence-electron chi connectivity index (χ4n) is 2.70. The maximum Gasteiger partial charge on any atom is -0.0325 e. The number of unbranched alkanes of at least 4 members (excludes halogenated alkanes) is 10. The van der Waals surface area contributed by atoms with Gasteiger partial charge in [-0.05, 0) is 25.2 Å². The Kier molecular flexibility index (Phi) is 16.6. The molecule has 0 amide bonds. The van der Waals surface area contributed by atoms with Gasteiger partial charge in [-0.2, -0.15) is 0 Å². The van der Waals surface area contributed by atoms with E-state index in [-0.39, 0.29) is 0 Å². The Labute approximate surface area is 129 Å². The first kappa shape index (κ1) is 19.7. The van der Waals surface area contributed by atoms with Gasteiger partial charge in [-0.1, -0.05) is 104 Å². The molecule has 0 saturated heterocycles. The molecule has 0 saturated carbocycles. The average molecular weight is 281 g/mol. The lowest BCUT2D eigenvalue weighted by molar-refractivity contribution is 0.500. The molecule has 0 N–H and O–H groups in total. The zero-order valence-electron chi connectivity index (χ0n) is 14.6. The molecule has 0 aliphatic carbocycles. The van der Waals surface area contributed by atoms with Gasteiger partial charge in [0.15, 0.2) is 0 Å². The summed E-state index contributed by atoms with van der Waals surface area (Å²) in [7, 11) is 0. The highest BCUT2D eigenvalue weighted by atomic mass is 14.0. The fourth-order valence-corrected chi connectivity index (χ4v) is 2.70. The van der Waals surface area contributed by atoms with Crippen molar-refractivity contribution in [1.82, 2.24) is 0 Å². The van der Waals surface area contributed by atoms with E-state index in [1.54, 1.807) is 0 Å². The highest BCUT2D eigenvalue weighted by Gasteiger charge is 1.98. The third-order valence-corrected chi connectivity index (χ3v) is 4.23. The first-order valence-electron chi connectivity index (χ1n) is 9.46. The van der Waals surface area contributed by atoms with Crippen LogP contribution in [0, 0.1) is 5.92 Å². The van der Waals surface area contributed by atoms with Crippen LogP contribution in [-0.4, -0.2) is 0 Å². The van der Waals surface area contributed by atoms with Crippen LogP contribution < -0.4 is 0 Å². The topological polar surface area (TPSA) is 0 Å². The van der Waals surface area contributed by atoms with Crippen LogP contribution in [0.25, 0.3) is 0 Å². The molecule has 120 valence electrons. The molecule has 0 spiro atoms. The second kappa shape index (κ2) is 16.8. The van der Waals surface area contributed by atoms with Gasteiger partial charge >= 0.3 is 0 Å². The highest BCUT2D eigenvalue weighted by Crippen LogP contribution is 2.14. The van der Waals surface area contributed by atoms with Gasteiger partial charge in [-0.15, -0.1) is 0 Å². The quantitative estimate of drug-likeness (QED) is 0.213. The van der Waals surface area contributed by atoms with Crippen molar-refractivity contribution in [1.29, 1.82) is 0 Å². The van der Waals surface area contributed by atoms with Gasteiger partial charge in [0.2, 0.25) is 0 Å². The predicted octanol–water partition coefficient (Wildman–Crippen LogP) is 7.68. The average Bonchev–Trinajstić information content (AvgIpc) is 2.45. The Bertz CT molecular complexity index is 192. The lowest BCUT2D eigenvalue weighted by Crippen LogP contribution is -1.92. The number of hydrogen-bond donors (Lipinski definition) is 0. The minimum absolute atomic E-state index is 0.886. The molecule has 0 aromatic rings. The smallest absolute Gasteiger partial charge is 0.0325 e. The SMILES string of the molecule is CCCCCCCCCCC=CCC(C)CCCCC. The molecule has 0 bridgehead atoms. The second-order valence-corrected chi connectivity index (χ2v) is 6.57. The Hall–Kier alpha value is -0.260. The van der Waals surface area contributed by atoms with Crippen molar-refractivity contribution in [2.24, 2.45) is 5.92 Å². The first-order valence-corrected chi connectivity index (χ1v) is 9.46. The normalized spacial score (nSPS) is 13.2. The Morgan fingerprint density at radius 1 is 0.650 bits per heavy atom. The van der Waals surface area contributed by atoms with E-state index in [0.717, 1.165) is 5.92 Å². The molecule has 0 aliphatic rings. The van der Waals surface area contributed by atoms with Crippen molar-refractivity contribution >= 4 is 0 Å². The molecule has 0 aromatic heterocycles. The van der Waals surface area contributed by atoms with Gasteiger partial charge in [-0.3, -0.25) is 0 Å². The summed E-state index contributed by atoms with van der Waals surface area (Å²) >= 11 is 0. The number of hydrogen-bond acceptors (Lipinski definition) is 0. The summed E-state index contributed by atoms with van der Waals surface area (Å²) in [5, 5.41) is 0. The van der Waals surface area contributed by atoms with Crippen molar-refractivity contribution in [2.75, 3.05) is 0 Å². The fraction of sp³-hybridized carbons (Fsp3) is 0.900. The summed E-state index contributed by atoms with van der Waals surface area (Å²) in [6, 6.07) is 0. The van der Waals surface area contributed by atoms with Crippen LogP contribution in [0.3, 0.4) is 0 Å². The van der Waals surface area contributed by atoms with E-state index >= 15 is 0 Å². The molecule has 0 rings (SSSR count). The van der Waals surface area contributed by atoms with E-state index < -0.39 is 0 Å². The van der Waals surface area contributed by atoms with Crippen LogP contribution in [0.5, 0.6) is 0 Å². The lowest BCUT2D eigenvalue weighted by Gasteiger charge is -2.07. The van der Waals surface area contributed by atoms with Crippen molar-refractivity contribution < 1.29 is 0 Å². The van der Waals surface area contributed by atoms with E-state index in [9.17, 15) is 0 Å². The van der Waals surface area contributed by atoms with Crippen molar-refractivity contribution in [3.8, 4) is 0 Å². The van der Waals surface area contributed by atoms with E-state index in [1.807, 2.05) is 0 Å². The van der Waals surface area contributed by atoms with Gasteiger partial charge in [0.25, 0.3) is 0 Å². The minimum Gasteiger partial charge on any atom is -0.0885 e. The molecule has 1 atom stereocenters. The summed E-state index contributed by atoms with van der Waals surface area (Å²) in [5.74, 6) is 0.886. The highest BCUT2D eigenvalue weighted by molar-refractivity contribution is 4.83. The largest absolute Gasteiger partial charge is 0.0885 e. The van der Waals surface area contributed by atoms with E-state index in [2.05, 4.69) is 32.9 Å². The predicted molar refractivity (Wildman–Crippen MR) is 94.3 cm³/mol. The molecule has 0 radical (unpaired) electrons. The summed E-state index contributed by atoms with van der Waals surface area (Å²) < 4.78 is 0. The van der Waals surface area contributed by atoms with Crippen molar-refractivity contribution in [3.63, 3.8) is 0 Å². The molecule has 20 heavy (non-hydrogen) atoms. The molecular weight excluding hydrogens is 240 g/mol. The molecule has 0 fully saturated rings. The summed E-state index contributed by atoms with van der Waals surface area (Å²) in [6.07, 6.45) is 24.5. The molecule has 0 heterocycles. The van der Waals surface area contributed by atoms with Crippen LogP contribution in [0.2, 0.25) is 0 Å². The van der Waals surface area contributed by atoms with Gasteiger partial charge in [0, 0.05) is 0 Å². The zero-order chi connectivity index (χ0) is 14.9. The van der Waals surface area contributed by atoms with E-state index in [0.29, 0.717) is 0 Å². The van der Waals surface area contributed by atoms with Gasteiger partial charge in [-0.25, -0.2) is 0 Å². The standard InChI is InChI=1S/C20H40/c1-4-6-8-9-10-11-12-13-14-15-17-19-20(3)18-16-7-5-2/h15,17,20H,4-14,16,18-19H2,1-3H3. The van der Waals surface area contributed by atoms with Gasteiger partial charge in [0.1, 0.15) is 0 Å². The first-order chi connectivity index (χ1) is 9.81. The third-order valence-electron chi connectivity index (χ3n) is 4.23. The van der Waals surface area contributed by atoms with Gasteiger partial charge < -0.3 is 0 Å². The Morgan fingerprint density at radius 2 is 1.20 bits per heavy atom. The van der Waals surface area contributed by atoms with Gasteiger partial charge in [0.05, 0.1) is 0 Å². The van der Waals surface area contributed by atoms with E-state index in [1.165, 1.54) is 89.9 Å². The Balaban J connectivity index is 3.19. The van der Waals surface area contributed by atoms with Crippen molar-refractivity contribution in [2.45, 2.75) is 111 Å². The molecule has 0 aromatic carbocycles. The molecular formula is C20H40. The second-order valence-electron chi connectivity index (χ2n) is 6.57. The molecule has 1 unspecified atom stereocenters. The maximum absolute atomic E-state index is 2.43. The Morgan fingerprint density at radius 3 is 1.85 bits per heavy atom. The van der Waals surface area contributed by atoms with Crippen LogP contribution in [0.4, 0.5) is 0 Å². The number of allylic oxidation sites excluding steroid dienone is 2. The van der Waals surface area contributed by atoms with E-state index in [4.69, 9.17) is 0 Å². The third kappa shape index (κ3) is 15.8. The zero-order valence-corrected chi connectivity index (χ0v) is 14.6. The summed E-state index contributed by atoms with van der Waals surface area (Å²) in [6.45, 7) is 6.97. The van der Waals surface area contributed by atoms with Crippen LogP contribution in [0.1, 0.15) is 111 Å². The molecule has 0 nitrogen and oxygen atoms in total. The molecule has 0 heteroatoms. The molecule has 0 aliphatic heterocycles. The number of rotatable bonds is 15. The van der Waals surface area contributed by atoms with Crippen LogP contribution in [0.15, 0.2) is 12.2 Å². The van der Waals surface area contributed by atoms with Crippen LogP contribution in [-0.2, 0) is 0 Å². The summed E-state index contributed by atoms with van der Waals surface area (Å²) in [4.78, 5) is 0.